The van der Waals surface area contributed by atoms with Crippen LogP contribution in [0.25, 0.3) is 11.0 Å². The first kappa shape index (κ1) is 20.7. The number of ether oxygens (including phenoxy) is 2. The zero-order valence-electron chi connectivity index (χ0n) is 17.6. The molecule has 1 atom stereocenters. The maximum atomic E-state index is 10.6. The quantitative estimate of drug-likeness (QED) is 0.461. The number of para-hydroxylation sites is 2. The first-order valence-electron chi connectivity index (χ1n) is 10.7. The Labute approximate surface area is 177 Å². The minimum Gasteiger partial charge on any atom is -0.491 e. The Bertz CT molecular complexity index is 964. The van der Waals surface area contributed by atoms with Gasteiger partial charge in [0.25, 0.3) is 0 Å². The van der Waals surface area contributed by atoms with E-state index in [9.17, 15) is 5.11 Å². The fraction of sp³-hybridized carbons (Fsp3) is 0.435. The summed E-state index contributed by atoms with van der Waals surface area (Å²) in [6.07, 6.45) is -0.664. The number of nitrogens with one attached hydrogen (secondary N) is 1. The molecule has 2 aromatic carbocycles. The van der Waals surface area contributed by atoms with Gasteiger partial charge in [-0.3, -0.25) is 5.73 Å². The van der Waals surface area contributed by atoms with Crippen LogP contribution in [-0.4, -0.2) is 55.2 Å². The van der Waals surface area contributed by atoms with E-state index in [2.05, 4.69) is 16.7 Å². The van der Waals surface area contributed by atoms with E-state index >= 15 is 0 Å². The van der Waals surface area contributed by atoms with Crippen molar-refractivity contribution >= 4 is 17.0 Å². The van der Waals surface area contributed by atoms with E-state index in [4.69, 9.17) is 15.2 Å². The molecule has 30 heavy (non-hydrogen) atoms. The van der Waals surface area contributed by atoms with Gasteiger partial charge in [0.05, 0.1) is 13.2 Å². The summed E-state index contributed by atoms with van der Waals surface area (Å²) in [6.45, 7) is 8.20. The summed E-state index contributed by atoms with van der Waals surface area (Å²) in [5.74, 6) is 1.42. The molecule has 1 fully saturated rings. The Morgan fingerprint density at radius 2 is 1.90 bits per heavy atom. The maximum Gasteiger partial charge on any atom is 0.356 e. The van der Waals surface area contributed by atoms with Gasteiger partial charge >= 0.3 is 5.95 Å². The van der Waals surface area contributed by atoms with Crippen molar-refractivity contribution in [2.45, 2.75) is 26.1 Å². The molecule has 4 N–H and O–H groups in total. The molecule has 3 aromatic rings. The van der Waals surface area contributed by atoms with Crippen molar-refractivity contribution in [2.24, 2.45) is 0 Å². The smallest absolute Gasteiger partial charge is 0.356 e. The molecule has 0 unspecified atom stereocenters. The number of aryl methyl sites for hydroxylation is 1. The van der Waals surface area contributed by atoms with E-state index in [0.717, 1.165) is 56.2 Å². The van der Waals surface area contributed by atoms with Crippen LogP contribution in [0.2, 0.25) is 0 Å². The van der Waals surface area contributed by atoms with E-state index in [0.29, 0.717) is 12.5 Å². The summed E-state index contributed by atoms with van der Waals surface area (Å²) in [4.78, 5) is 1.54. The normalized spacial score (nSPS) is 16.1. The van der Waals surface area contributed by atoms with Gasteiger partial charge in [0, 0.05) is 0 Å². The van der Waals surface area contributed by atoms with Crippen LogP contribution in [0.1, 0.15) is 5.56 Å². The molecule has 2 heterocycles. The summed E-state index contributed by atoms with van der Waals surface area (Å²) < 4.78 is 15.4. The number of aliphatic hydroxyl groups excluding tert-OH is 1. The van der Waals surface area contributed by atoms with Crippen LogP contribution in [0, 0.1) is 6.92 Å². The zero-order chi connectivity index (χ0) is 20.9. The predicted octanol–water partition coefficient (Wildman–Crippen LogP) is 0.174. The molecule has 1 aromatic heterocycles. The Balaban J connectivity index is 1.46. The number of benzene rings is 2. The minimum atomic E-state index is -0.664. The number of rotatable bonds is 8. The lowest BCUT2D eigenvalue weighted by Gasteiger charge is -2.23. The third-order valence-corrected chi connectivity index (χ3v) is 5.76. The zero-order valence-corrected chi connectivity index (χ0v) is 17.6. The van der Waals surface area contributed by atoms with Gasteiger partial charge in [-0.15, -0.1) is 0 Å². The second-order valence-corrected chi connectivity index (χ2v) is 8.00. The highest BCUT2D eigenvalue weighted by molar-refractivity contribution is 5.73. The van der Waals surface area contributed by atoms with Crippen LogP contribution in [0.15, 0.2) is 48.5 Å². The van der Waals surface area contributed by atoms with E-state index in [1.807, 2.05) is 47.9 Å². The van der Waals surface area contributed by atoms with Gasteiger partial charge in [-0.2, -0.15) is 0 Å². The number of morpholine rings is 1. The van der Waals surface area contributed by atoms with Crippen molar-refractivity contribution in [1.29, 1.82) is 0 Å². The largest absolute Gasteiger partial charge is 0.491 e. The Kier molecular flexibility index (Phi) is 6.52. The molecule has 0 saturated carbocycles. The molecule has 0 radical (unpaired) electrons. The number of quaternary nitrogens is 1. The lowest BCUT2D eigenvalue weighted by molar-refractivity contribution is -0.908. The van der Waals surface area contributed by atoms with Gasteiger partial charge in [-0.25, -0.2) is 9.13 Å². The van der Waals surface area contributed by atoms with Gasteiger partial charge in [-0.1, -0.05) is 29.8 Å². The van der Waals surface area contributed by atoms with Crippen molar-refractivity contribution in [3.8, 4) is 5.75 Å². The SMILES string of the molecule is Cc1ccc(OC[C@@H](O)C[n+]2c(N)n(CC[NH+]3CCOCC3)c3ccccc32)cc1. The maximum absolute atomic E-state index is 10.6. The molecule has 0 amide bonds. The molecule has 0 spiro atoms. The van der Waals surface area contributed by atoms with Crippen LogP contribution in [0.3, 0.4) is 0 Å². The Hall–Kier alpha value is -2.61. The first-order chi connectivity index (χ1) is 14.6. The van der Waals surface area contributed by atoms with Crippen molar-refractivity contribution in [3.63, 3.8) is 0 Å². The second kappa shape index (κ2) is 9.47. The Morgan fingerprint density at radius 1 is 1.17 bits per heavy atom. The molecule has 0 bridgehead atoms. The summed E-state index contributed by atoms with van der Waals surface area (Å²) in [5.41, 5.74) is 9.84. The second-order valence-electron chi connectivity index (χ2n) is 8.00. The number of fused-ring (bicyclic) bond motifs is 1. The summed E-state index contributed by atoms with van der Waals surface area (Å²) >= 11 is 0. The number of anilines is 1. The molecule has 1 saturated heterocycles. The fourth-order valence-corrected chi connectivity index (χ4v) is 4.01. The third-order valence-electron chi connectivity index (χ3n) is 5.76. The Morgan fingerprint density at radius 3 is 2.67 bits per heavy atom. The molecular formula is C23H32N4O3+2. The molecule has 160 valence electrons. The average molecular weight is 413 g/mol. The van der Waals surface area contributed by atoms with Crippen molar-refractivity contribution < 1.29 is 24.0 Å². The highest BCUT2D eigenvalue weighted by Gasteiger charge is 2.24. The third kappa shape index (κ3) is 4.75. The fourth-order valence-electron chi connectivity index (χ4n) is 4.01. The predicted molar refractivity (Wildman–Crippen MR) is 116 cm³/mol. The van der Waals surface area contributed by atoms with Gasteiger partial charge in [0.1, 0.15) is 62.2 Å². The van der Waals surface area contributed by atoms with Crippen LogP contribution in [-0.2, 0) is 17.8 Å². The number of imidazole rings is 1. The topological polar surface area (TPSA) is 78.0 Å². The number of hydrogen-bond donors (Lipinski definition) is 3. The van der Waals surface area contributed by atoms with Crippen molar-refractivity contribution in [1.82, 2.24) is 4.57 Å². The number of nitrogen functional groups attached to an aromatic ring is 1. The molecule has 0 aliphatic carbocycles. The highest BCUT2D eigenvalue weighted by Crippen LogP contribution is 2.16. The summed E-state index contributed by atoms with van der Waals surface area (Å²) in [7, 11) is 0. The van der Waals surface area contributed by atoms with E-state index < -0.39 is 6.10 Å². The van der Waals surface area contributed by atoms with Crippen LogP contribution >= 0.6 is 0 Å². The van der Waals surface area contributed by atoms with E-state index in [-0.39, 0.29) is 6.61 Å². The molecule has 7 heteroatoms. The molecule has 4 rings (SSSR count). The van der Waals surface area contributed by atoms with E-state index in [1.165, 1.54) is 10.5 Å². The number of aromatic nitrogens is 2. The van der Waals surface area contributed by atoms with Gasteiger partial charge in [0.2, 0.25) is 0 Å². The lowest BCUT2D eigenvalue weighted by atomic mass is 10.2. The molecule has 1 aliphatic rings. The standard InChI is InChI=1S/C23H30N4O3/c1-18-6-8-20(9-7-18)30-17-19(28)16-27-22-5-3-2-4-21(22)26(23(27)24)11-10-25-12-14-29-15-13-25/h2-9,19,24,28H,10-17H2,1H3/p+2/t19-/m0/s1. The van der Waals surface area contributed by atoms with Gasteiger partial charge in [-0.05, 0) is 31.2 Å². The highest BCUT2D eigenvalue weighted by atomic mass is 16.5. The van der Waals surface area contributed by atoms with E-state index in [1.54, 1.807) is 0 Å². The first-order valence-corrected chi connectivity index (χ1v) is 10.7. The monoisotopic (exact) mass is 412 g/mol. The summed E-state index contributed by atoms with van der Waals surface area (Å²) in [6, 6.07) is 16.0. The average Bonchev–Trinajstić information content (AvgIpc) is 3.03. The number of aliphatic hydroxyl groups is 1. The molecular weight excluding hydrogens is 380 g/mol. The number of nitrogens with zero attached hydrogens (tertiary/aromatic N) is 2. The lowest BCUT2D eigenvalue weighted by Crippen LogP contribution is -3.14. The minimum absolute atomic E-state index is 0.215. The molecule has 1 aliphatic heterocycles. The van der Waals surface area contributed by atoms with Gasteiger partial charge < -0.3 is 19.5 Å². The van der Waals surface area contributed by atoms with Crippen LogP contribution < -0.4 is 19.9 Å². The van der Waals surface area contributed by atoms with Gasteiger partial charge in [0.15, 0.2) is 0 Å². The van der Waals surface area contributed by atoms with Crippen molar-refractivity contribution in [3.05, 3.63) is 54.1 Å². The number of hydrogen-bond acceptors (Lipinski definition) is 4. The van der Waals surface area contributed by atoms with Crippen LogP contribution in [0.5, 0.6) is 5.75 Å². The van der Waals surface area contributed by atoms with Crippen molar-refractivity contribution in [2.75, 3.05) is 45.2 Å². The van der Waals surface area contributed by atoms with Crippen LogP contribution in [0.4, 0.5) is 5.95 Å². The summed E-state index contributed by atoms with van der Waals surface area (Å²) in [5, 5.41) is 10.6. The molecule has 7 nitrogen and oxygen atoms in total. The number of nitrogens with two attached hydrogens (primary N) is 1.